The van der Waals surface area contributed by atoms with Gasteiger partial charge in [-0.15, -0.1) is 0 Å². The first-order valence-corrected chi connectivity index (χ1v) is 7.42. The summed E-state index contributed by atoms with van der Waals surface area (Å²) in [5.74, 6) is 0. The Kier molecular flexibility index (Phi) is 2.07. The van der Waals surface area contributed by atoms with Crippen molar-refractivity contribution in [2.45, 2.75) is 43.6 Å². The number of fused-ring (bicyclic) bond motifs is 1. The molecular formula is C15H15N3O3. The molecule has 21 heavy (non-hydrogen) atoms. The summed E-state index contributed by atoms with van der Waals surface area (Å²) in [7, 11) is 0. The molecular weight excluding hydrogens is 270 g/mol. The molecule has 2 bridgehead atoms. The number of epoxide rings is 1. The third-order valence-electron chi connectivity index (χ3n) is 4.98. The van der Waals surface area contributed by atoms with Gasteiger partial charge in [-0.3, -0.25) is 0 Å². The van der Waals surface area contributed by atoms with Crippen LogP contribution in [-0.2, 0) is 4.74 Å². The zero-order valence-corrected chi connectivity index (χ0v) is 11.4. The van der Waals surface area contributed by atoms with Gasteiger partial charge in [-0.2, -0.15) is 0 Å². The molecule has 4 atom stereocenters. The van der Waals surface area contributed by atoms with Crippen molar-refractivity contribution in [3.05, 3.63) is 51.3 Å². The van der Waals surface area contributed by atoms with Crippen LogP contribution in [0.15, 0.2) is 39.9 Å². The first kappa shape index (κ1) is 11.6. The van der Waals surface area contributed by atoms with E-state index in [1.54, 1.807) is 21.5 Å². The van der Waals surface area contributed by atoms with Crippen LogP contribution in [0.25, 0.3) is 5.69 Å². The second kappa shape index (κ2) is 3.76. The number of rotatable bonds is 1. The van der Waals surface area contributed by atoms with E-state index in [9.17, 15) is 9.59 Å². The van der Waals surface area contributed by atoms with E-state index in [1.165, 1.54) is 4.57 Å². The fourth-order valence-electron chi connectivity index (χ4n) is 3.98. The number of hydrogen-bond acceptors (Lipinski definition) is 3. The van der Waals surface area contributed by atoms with E-state index in [0.717, 1.165) is 19.3 Å². The summed E-state index contributed by atoms with van der Waals surface area (Å²) in [6.07, 6.45) is 3.08. The number of ether oxygens (including phenoxy) is 1. The lowest BCUT2D eigenvalue weighted by Crippen LogP contribution is -2.37. The predicted molar refractivity (Wildman–Crippen MR) is 74.9 cm³/mol. The van der Waals surface area contributed by atoms with E-state index < -0.39 is 0 Å². The standard InChI is InChI=1S/C15H15N3O3/c19-14-16(9-4-2-1-3-5-9)15(20)18-11-7-6-10(17(14)18)8-12-13(11)21-12/h1-5,10-13H,6-8H2/t10-,11-,12-,13+/m0/s1. The van der Waals surface area contributed by atoms with Gasteiger partial charge >= 0.3 is 11.4 Å². The lowest BCUT2D eigenvalue weighted by molar-refractivity contribution is 0.163. The van der Waals surface area contributed by atoms with Crippen LogP contribution in [0.5, 0.6) is 0 Å². The summed E-state index contributed by atoms with van der Waals surface area (Å²) >= 11 is 0. The third-order valence-corrected chi connectivity index (χ3v) is 4.98. The highest BCUT2D eigenvalue weighted by atomic mass is 16.6. The van der Waals surface area contributed by atoms with Crippen LogP contribution < -0.4 is 11.4 Å². The van der Waals surface area contributed by atoms with Gasteiger partial charge in [0.15, 0.2) is 0 Å². The maximum atomic E-state index is 12.8. The number of nitrogens with zero attached hydrogens (tertiary/aromatic N) is 3. The van der Waals surface area contributed by atoms with E-state index in [0.29, 0.717) is 5.69 Å². The van der Waals surface area contributed by atoms with Gasteiger partial charge in [0.2, 0.25) is 0 Å². The molecule has 0 radical (unpaired) electrons. The summed E-state index contributed by atoms with van der Waals surface area (Å²) < 4.78 is 10.3. The lowest BCUT2D eigenvalue weighted by Gasteiger charge is -2.28. The fraction of sp³-hybridized carbons (Fsp3) is 0.467. The molecule has 4 aliphatic rings. The highest BCUT2D eigenvalue weighted by Gasteiger charge is 2.54. The highest BCUT2D eigenvalue weighted by molar-refractivity contribution is 5.30. The van der Waals surface area contributed by atoms with Crippen molar-refractivity contribution in [1.29, 1.82) is 0 Å². The molecule has 0 amide bonds. The molecule has 1 aromatic carbocycles. The Labute approximate surface area is 120 Å². The second-order valence-corrected chi connectivity index (χ2v) is 6.10. The molecule has 0 unspecified atom stereocenters. The van der Waals surface area contributed by atoms with Gasteiger partial charge in [-0.1, -0.05) is 18.2 Å². The molecule has 2 aromatic rings. The molecule has 2 fully saturated rings. The minimum Gasteiger partial charge on any atom is -0.367 e. The summed E-state index contributed by atoms with van der Waals surface area (Å²) in [4.78, 5) is 25.6. The maximum absolute atomic E-state index is 12.8. The van der Waals surface area contributed by atoms with Crippen LogP contribution in [-0.4, -0.2) is 26.1 Å². The van der Waals surface area contributed by atoms with Crippen LogP contribution in [0, 0.1) is 0 Å². The molecule has 6 nitrogen and oxygen atoms in total. The van der Waals surface area contributed by atoms with Crippen LogP contribution in [0.2, 0.25) is 0 Å². The molecule has 1 aliphatic carbocycles. The number of aromatic nitrogens is 3. The Morgan fingerprint density at radius 2 is 1.76 bits per heavy atom. The Morgan fingerprint density at radius 1 is 1.00 bits per heavy atom. The monoisotopic (exact) mass is 285 g/mol. The summed E-state index contributed by atoms with van der Waals surface area (Å²) in [5, 5.41) is 0. The van der Waals surface area contributed by atoms with E-state index in [-0.39, 0.29) is 35.7 Å². The van der Waals surface area contributed by atoms with Gasteiger partial charge in [0.05, 0.1) is 23.9 Å². The van der Waals surface area contributed by atoms with Crippen LogP contribution in [0.1, 0.15) is 31.3 Å². The predicted octanol–water partition coefficient (Wildman–Crippen LogP) is 0.848. The largest absolute Gasteiger partial charge is 0.367 e. The number of para-hydroxylation sites is 1. The number of hydrogen-bond donors (Lipinski definition) is 0. The van der Waals surface area contributed by atoms with E-state index in [4.69, 9.17) is 4.74 Å². The van der Waals surface area contributed by atoms with Crippen LogP contribution in [0.4, 0.5) is 0 Å². The second-order valence-electron chi connectivity index (χ2n) is 6.10. The first-order chi connectivity index (χ1) is 10.3. The molecule has 1 saturated carbocycles. The van der Waals surface area contributed by atoms with E-state index in [1.807, 2.05) is 18.2 Å². The molecule has 0 N–H and O–H groups in total. The smallest absolute Gasteiger partial charge is 0.352 e. The Bertz CT molecular complexity index is 832. The SMILES string of the molecule is O=c1n(-c2ccccc2)c(=O)n2n1[C@H]1CC[C@H]2[C@H]2O[C@H]2C1. The van der Waals surface area contributed by atoms with Crippen LogP contribution >= 0.6 is 0 Å². The molecule has 1 saturated heterocycles. The quantitative estimate of drug-likeness (QED) is 0.730. The van der Waals surface area contributed by atoms with Crippen molar-refractivity contribution in [1.82, 2.24) is 13.9 Å². The third kappa shape index (κ3) is 1.40. The molecule has 108 valence electrons. The topological polar surface area (TPSA) is 61.5 Å². The molecule has 6 heteroatoms. The molecule has 0 spiro atoms. The van der Waals surface area contributed by atoms with Gasteiger partial charge in [0, 0.05) is 0 Å². The van der Waals surface area contributed by atoms with Crippen molar-refractivity contribution in [3.8, 4) is 5.69 Å². The zero-order chi connectivity index (χ0) is 14.1. The minimum absolute atomic E-state index is 0.0129. The lowest BCUT2D eigenvalue weighted by atomic mass is 10.1. The van der Waals surface area contributed by atoms with Gasteiger partial charge in [-0.05, 0) is 31.4 Å². The maximum Gasteiger partial charge on any atom is 0.352 e. The number of benzene rings is 1. The van der Waals surface area contributed by atoms with Crippen molar-refractivity contribution < 1.29 is 4.74 Å². The normalized spacial score (nSPS) is 32.4. The Morgan fingerprint density at radius 3 is 2.57 bits per heavy atom. The van der Waals surface area contributed by atoms with Gasteiger partial charge < -0.3 is 4.74 Å². The Balaban J connectivity index is 1.81. The van der Waals surface area contributed by atoms with Crippen molar-refractivity contribution in [2.75, 3.05) is 0 Å². The van der Waals surface area contributed by atoms with Crippen LogP contribution in [0.3, 0.4) is 0 Å². The molecule has 4 heterocycles. The highest BCUT2D eigenvalue weighted by Crippen LogP contribution is 2.47. The van der Waals surface area contributed by atoms with E-state index in [2.05, 4.69) is 0 Å². The zero-order valence-electron chi connectivity index (χ0n) is 11.4. The fourth-order valence-corrected chi connectivity index (χ4v) is 3.98. The van der Waals surface area contributed by atoms with Gasteiger partial charge in [0.25, 0.3) is 0 Å². The van der Waals surface area contributed by atoms with Crippen molar-refractivity contribution in [2.24, 2.45) is 0 Å². The molecule has 3 aliphatic heterocycles. The van der Waals surface area contributed by atoms with E-state index >= 15 is 0 Å². The van der Waals surface area contributed by atoms with Gasteiger partial charge in [-0.25, -0.2) is 23.5 Å². The summed E-state index contributed by atoms with van der Waals surface area (Å²) in [5.41, 5.74) is 0.174. The summed E-state index contributed by atoms with van der Waals surface area (Å²) in [6, 6.07) is 9.23. The van der Waals surface area contributed by atoms with Gasteiger partial charge in [0.1, 0.15) is 6.10 Å². The minimum atomic E-state index is -0.239. The average Bonchev–Trinajstić information content (AvgIpc) is 3.23. The average molecular weight is 285 g/mol. The van der Waals surface area contributed by atoms with Crippen molar-refractivity contribution in [3.63, 3.8) is 0 Å². The molecule has 6 rings (SSSR count). The van der Waals surface area contributed by atoms with Crippen molar-refractivity contribution >= 4 is 0 Å². The molecule has 1 aromatic heterocycles. The first-order valence-electron chi connectivity index (χ1n) is 7.42. The Hall–Kier alpha value is -2.08. The summed E-state index contributed by atoms with van der Waals surface area (Å²) in [6.45, 7) is 0.